The molecule has 0 N–H and O–H groups in total. The van der Waals surface area contributed by atoms with Crippen LogP contribution in [0.1, 0.15) is 47.1 Å². The van der Waals surface area contributed by atoms with Crippen LogP contribution >= 0.6 is 11.6 Å². The zero-order chi connectivity index (χ0) is 22.8. The van der Waals surface area contributed by atoms with Crippen LogP contribution < -0.4 is 4.74 Å². The molecule has 0 aliphatic carbocycles. The van der Waals surface area contributed by atoms with Crippen molar-refractivity contribution in [2.45, 2.75) is 36.8 Å². The van der Waals surface area contributed by atoms with E-state index in [0.717, 1.165) is 11.6 Å². The number of ether oxygens (including phenoxy) is 2. The standard InChI is InChI=1S/C21H17ClF2N2O5S/c1-2-30-20(27)17-16-14-7-10(19-25-12-5-3-4-6-13(12)26(14)19)9-32(28,29)15(16)8-11(22)18(17)31-21(23)24/h3-6,8,10,14,21H,2,7,9H2,1H3/t10-,14-/m1/s1. The number of imidazole rings is 1. The first kappa shape index (κ1) is 21.1. The fourth-order valence-corrected chi connectivity index (χ4v) is 6.90. The number of hydrogen-bond donors (Lipinski definition) is 0. The van der Waals surface area contributed by atoms with Crippen molar-refractivity contribution < 1.29 is 31.5 Å². The van der Waals surface area contributed by atoms with Gasteiger partial charge in [-0.05, 0) is 31.5 Å². The molecule has 0 saturated carbocycles. The predicted molar refractivity (Wildman–Crippen MR) is 111 cm³/mol. The number of hydrogen-bond acceptors (Lipinski definition) is 6. The average Bonchev–Trinajstić information content (AvgIpc) is 3.23. The number of carbonyl (C=O) groups excluding carboxylic acids is 1. The molecule has 2 bridgehead atoms. The Balaban J connectivity index is 1.88. The number of halogens is 3. The molecule has 2 atom stereocenters. The fourth-order valence-electron chi connectivity index (χ4n) is 4.72. The number of aromatic nitrogens is 2. The highest BCUT2D eigenvalue weighted by atomic mass is 35.5. The molecule has 2 aliphatic heterocycles. The molecule has 2 aromatic carbocycles. The molecule has 0 fully saturated rings. The Labute approximate surface area is 186 Å². The van der Waals surface area contributed by atoms with Crippen molar-refractivity contribution in [1.29, 1.82) is 0 Å². The Morgan fingerprint density at radius 1 is 1.34 bits per heavy atom. The number of sulfone groups is 1. The lowest BCUT2D eigenvalue weighted by Gasteiger charge is -2.24. The van der Waals surface area contributed by atoms with Gasteiger partial charge in [0.15, 0.2) is 15.6 Å². The smallest absolute Gasteiger partial charge is 0.387 e. The van der Waals surface area contributed by atoms with Crippen LogP contribution in [0.3, 0.4) is 0 Å². The van der Waals surface area contributed by atoms with Crippen molar-refractivity contribution in [3.8, 4) is 5.75 Å². The second-order valence-electron chi connectivity index (χ2n) is 7.63. The Morgan fingerprint density at radius 3 is 2.81 bits per heavy atom. The van der Waals surface area contributed by atoms with E-state index in [9.17, 15) is 22.0 Å². The van der Waals surface area contributed by atoms with Gasteiger partial charge in [-0.1, -0.05) is 23.7 Å². The summed E-state index contributed by atoms with van der Waals surface area (Å²) in [6.07, 6.45) is 0.335. The quantitative estimate of drug-likeness (QED) is 0.514. The lowest BCUT2D eigenvalue weighted by atomic mass is 9.94. The zero-order valence-corrected chi connectivity index (χ0v) is 18.3. The van der Waals surface area contributed by atoms with Crippen molar-refractivity contribution in [1.82, 2.24) is 9.55 Å². The maximum Gasteiger partial charge on any atom is 0.387 e. The Bertz CT molecular complexity index is 1370. The number of rotatable bonds is 4. The minimum Gasteiger partial charge on any atom is -0.462 e. The first-order valence-corrected chi connectivity index (χ1v) is 11.9. The number of esters is 1. The predicted octanol–water partition coefficient (Wildman–Crippen LogP) is 4.33. The number of nitrogens with zero attached hydrogens (tertiary/aromatic N) is 2. The summed E-state index contributed by atoms with van der Waals surface area (Å²) in [5.41, 5.74) is 1.08. The Hall–Kier alpha value is -2.72. The average molecular weight is 483 g/mol. The SMILES string of the molecule is CCOC(=O)c1c(OC(F)F)c(Cl)cc2c1[C@H]1C[C@H](CS2(=O)=O)c2nc3ccccc3n21. The van der Waals surface area contributed by atoms with Crippen molar-refractivity contribution in [2.75, 3.05) is 12.4 Å². The van der Waals surface area contributed by atoms with Gasteiger partial charge in [0.25, 0.3) is 0 Å². The van der Waals surface area contributed by atoms with E-state index in [1.807, 2.05) is 28.8 Å². The van der Waals surface area contributed by atoms with Crippen LogP contribution in [0, 0.1) is 0 Å². The monoisotopic (exact) mass is 482 g/mol. The van der Waals surface area contributed by atoms with E-state index in [-0.39, 0.29) is 22.8 Å². The largest absolute Gasteiger partial charge is 0.462 e. The molecule has 0 unspecified atom stereocenters. The van der Waals surface area contributed by atoms with Crippen molar-refractivity contribution in [3.63, 3.8) is 0 Å². The molecule has 0 spiro atoms. The van der Waals surface area contributed by atoms with Crippen LogP contribution in [0.2, 0.25) is 5.02 Å². The summed E-state index contributed by atoms with van der Waals surface area (Å²) >= 11 is 6.16. The normalized spacial score (nSPS) is 20.7. The molecule has 5 rings (SSSR count). The Morgan fingerprint density at radius 2 is 2.09 bits per heavy atom. The molecule has 0 radical (unpaired) electrons. The molecular weight excluding hydrogens is 466 g/mol. The fraction of sp³-hybridized carbons (Fsp3) is 0.333. The van der Waals surface area contributed by atoms with Gasteiger partial charge in [0.1, 0.15) is 11.4 Å². The minimum atomic E-state index is -3.92. The molecule has 11 heteroatoms. The van der Waals surface area contributed by atoms with E-state index in [2.05, 4.69) is 9.72 Å². The van der Waals surface area contributed by atoms with Gasteiger partial charge < -0.3 is 14.0 Å². The van der Waals surface area contributed by atoms with E-state index < -0.39 is 50.7 Å². The van der Waals surface area contributed by atoms with Gasteiger partial charge in [-0.15, -0.1) is 0 Å². The van der Waals surface area contributed by atoms with Crippen molar-refractivity contribution in [3.05, 3.63) is 52.3 Å². The summed E-state index contributed by atoms with van der Waals surface area (Å²) in [6.45, 7) is -1.77. The molecule has 168 valence electrons. The van der Waals surface area contributed by atoms with Crippen LogP contribution in [0.5, 0.6) is 5.75 Å². The summed E-state index contributed by atoms with van der Waals surface area (Å²) < 4.78 is 64.6. The second kappa shape index (κ2) is 7.41. The van der Waals surface area contributed by atoms with Crippen LogP contribution in [-0.2, 0) is 14.6 Å². The van der Waals surface area contributed by atoms with E-state index in [1.54, 1.807) is 6.92 Å². The minimum absolute atomic E-state index is 0.0481. The molecule has 1 aromatic heterocycles. The molecular formula is C21H17ClF2N2O5S. The highest BCUT2D eigenvalue weighted by Gasteiger charge is 2.46. The van der Waals surface area contributed by atoms with Gasteiger partial charge in [0.05, 0.1) is 39.4 Å². The summed E-state index contributed by atoms with van der Waals surface area (Å²) in [7, 11) is -3.92. The van der Waals surface area contributed by atoms with Crippen LogP contribution in [0.25, 0.3) is 11.0 Å². The molecule has 3 heterocycles. The van der Waals surface area contributed by atoms with E-state index in [4.69, 9.17) is 16.3 Å². The third-order valence-electron chi connectivity index (χ3n) is 5.82. The zero-order valence-electron chi connectivity index (χ0n) is 16.7. The lowest BCUT2D eigenvalue weighted by Crippen LogP contribution is -2.22. The van der Waals surface area contributed by atoms with E-state index >= 15 is 0 Å². The van der Waals surface area contributed by atoms with Gasteiger partial charge in [-0.3, -0.25) is 0 Å². The first-order valence-electron chi connectivity index (χ1n) is 9.90. The van der Waals surface area contributed by atoms with Gasteiger partial charge >= 0.3 is 12.6 Å². The van der Waals surface area contributed by atoms with Gasteiger partial charge in [-0.2, -0.15) is 8.78 Å². The molecule has 7 nitrogen and oxygen atoms in total. The van der Waals surface area contributed by atoms with Crippen molar-refractivity contribution in [2.24, 2.45) is 0 Å². The van der Waals surface area contributed by atoms with E-state index in [0.29, 0.717) is 17.8 Å². The molecule has 2 aliphatic rings. The van der Waals surface area contributed by atoms with Crippen molar-refractivity contribution >= 4 is 38.4 Å². The lowest BCUT2D eigenvalue weighted by molar-refractivity contribution is -0.0505. The highest BCUT2D eigenvalue weighted by Crippen LogP contribution is 2.51. The van der Waals surface area contributed by atoms with Gasteiger partial charge in [0, 0.05) is 11.5 Å². The summed E-state index contributed by atoms with van der Waals surface area (Å²) in [5, 5.41) is -0.399. The molecule has 3 aromatic rings. The first-order chi connectivity index (χ1) is 15.2. The number of carbonyl (C=O) groups is 1. The molecule has 0 amide bonds. The summed E-state index contributed by atoms with van der Waals surface area (Å²) in [4.78, 5) is 17.4. The number of fused-ring (bicyclic) bond motifs is 9. The Kier molecular flexibility index (Phi) is 4.90. The second-order valence-corrected chi connectivity index (χ2v) is 10.0. The topological polar surface area (TPSA) is 87.5 Å². The maximum absolute atomic E-state index is 13.3. The summed E-state index contributed by atoms with van der Waals surface area (Å²) in [5.74, 6) is -1.67. The number of alkyl halides is 2. The van der Waals surface area contributed by atoms with E-state index in [1.165, 1.54) is 0 Å². The van der Waals surface area contributed by atoms with Gasteiger partial charge in [-0.25, -0.2) is 18.2 Å². The van der Waals surface area contributed by atoms with Gasteiger partial charge in [0.2, 0.25) is 0 Å². The number of benzene rings is 2. The highest BCUT2D eigenvalue weighted by molar-refractivity contribution is 7.91. The number of para-hydroxylation sites is 2. The third kappa shape index (κ3) is 3.07. The van der Waals surface area contributed by atoms with Crippen LogP contribution in [-0.4, -0.2) is 42.9 Å². The molecule has 0 saturated heterocycles. The van der Waals surface area contributed by atoms with Crippen LogP contribution in [0.4, 0.5) is 8.78 Å². The molecule has 32 heavy (non-hydrogen) atoms. The van der Waals surface area contributed by atoms with Crippen LogP contribution in [0.15, 0.2) is 35.2 Å². The summed E-state index contributed by atoms with van der Waals surface area (Å²) in [6, 6.07) is 7.73. The third-order valence-corrected chi connectivity index (χ3v) is 7.95. The maximum atomic E-state index is 13.3.